The summed E-state index contributed by atoms with van der Waals surface area (Å²) in [6.07, 6.45) is 4.96. The molecule has 8 heteroatoms. The van der Waals surface area contributed by atoms with Gasteiger partial charge in [0.15, 0.2) is 9.84 Å². The van der Waals surface area contributed by atoms with E-state index >= 15 is 0 Å². The van der Waals surface area contributed by atoms with Crippen LogP contribution >= 0.6 is 0 Å². The van der Waals surface area contributed by atoms with Crippen LogP contribution < -0.4 is 10.6 Å². The van der Waals surface area contributed by atoms with Crippen molar-refractivity contribution in [1.29, 1.82) is 0 Å². The van der Waals surface area contributed by atoms with Gasteiger partial charge in [-0.15, -0.1) is 0 Å². The van der Waals surface area contributed by atoms with Crippen LogP contribution in [0.15, 0.2) is 65.8 Å². The van der Waals surface area contributed by atoms with Crippen molar-refractivity contribution in [1.82, 2.24) is 9.97 Å². The first kappa shape index (κ1) is 26.4. The van der Waals surface area contributed by atoms with Gasteiger partial charge in [0.1, 0.15) is 11.5 Å². The number of carbonyl (C=O) groups is 1. The maximum atomic E-state index is 12.7. The highest BCUT2D eigenvalue weighted by Crippen LogP contribution is 2.42. The smallest absolute Gasteiger partial charge is 0.235 e. The second-order valence-corrected chi connectivity index (χ2v) is 12.0. The number of sulfone groups is 1. The van der Waals surface area contributed by atoms with E-state index in [2.05, 4.69) is 32.4 Å². The van der Waals surface area contributed by atoms with Crippen molar-refractivity contribution in [2.24, 2.45) is 0 Å². The number of nitrogens with zero attached hydrogens (tertiary/aromatic N) is 2. The molecule has 0 fully saturated rings. The van der Waals surface area contributed by atoms with E-state index < -0.39 is 15.3 Å². The maximum absolute atomic E-state index is 12.7. The molecule has 2 aromatic heterocycles. The fourth-order valence-electron chi connectivity index (χ4n) is 5.10. The predicted octanol–water partition coefficient (Wildman–Crippen LogP) is 5.89. The Hall–Kier alpha value is -4.22. The molecule has 0 saturated carbocycles. The van der Waals surface area contributed by atoms with Gasteiger partial charge in [-0.25, -0.2) is 18.4 Å². The quantitative estimate of drug-likeness (QED) is 0.297. The van der Waals surface area contributed by atoms with Gasteiger partial charge in [-0.3, -0.25) is 4.79 Å². The van der Waals surface area contributed by atoms with Crippen LogP contribution in [-0.2, 0) is 20.0 Å². The lowest BCUT2D eigenvalue weighted by atomic mass is 9.77. The van der Waals surface area contributed by atoms with Crippen LogP contribution in [0.2, 0.25) is 0 Å². The minimum Gasteiger partial charge on any atom is -0.340 e. The van der Waals surface area contributed by atoms with Gasteiger partial charge in [-0.2, -0.15) is 0 Å². The summed E-state index contributed by atoms with van der Waals surface area (Å²) in [6.45, 7) is 7.59. The SMILES string of the molecule is CCC1(CC)C(=O)Nc2cc(C#Cc3nccc4cnc(Nc5ccc(S(=O)(=O)CC)cc5C)cc34)ccc21. The van der Waals surface area contributed by atoms with Crippen molar-refractivity contribution in [2.45, 2.75) is 50.8 Å². The Kier molecular flexibility index (Phi) is 6.87. The molecule has 39 heavy (non-hydrogen) atoms. The number of pyridine rings is 2. The number of nitrogens with one attached hydrogen (secondary N) is 2. The third-order valence-electron chi connectivity index (χ3n) is 7.60. The Morgan fingerprint density at radius 2 is 1.77 bits per heavy atom. The van der Waals surface area contributed by atoms with Gasteiger partial charge in [-0.1, -0.05) is 32.8 Å². The van der Waals surface area contributed by atoms with Gasteiger partial charge < -0.3 is 10.6 Å². The topological polar surface area (TPSA) is 101 Å². The van der Waals surface area contributed by atoms with Crippen molar-refractivity contribution in [2.75, 3.05) is 16.4 Å². The van der Waals surface area contributed by atoms with Gasteiger partial charge in [-0.05, 0) is 79.3 Å². The van der Waals surface area contributed by atoms with Gasteiger partial charge in [0.2, 0.25) is 5.91 Å². The monoisotopic (exact) mass is 538 g/mol. The van der Waals surface area contributed by atoms with E-state index in [-0.39, 0.29) is 11.7 Å². The molecular weight excluding hydrogens is 508 g/mol. The Labute approximate surface area is 229 Å². The maximum Gasteiger partial charge on any atom is 0.235 e. The first-order chi connectivity index (χ1) is 18.7. The Morgan fingerprint density at radius 3 is 2.49 bits per heavy atom. The van der Waals surface area contributed by atoms with Gasteiger partial charge in [0.05, 0.1) is 16.1 Å². The van der Waals surface area contributed by atoms with Crippen molar-refractivity contribution < 1.29 is 13.2 Å². The number of hydrogen-bond acceptors (Lipinski definition) is 6. The molecule has 1 amide bonds. The number of hydrogen-bond donors (Lipinski definition) is 2. The molecule has 2 N–H and O–H groups in total. The van der Waals surface area contributed by atoms with Crippen molar-refractivity contribution in [3.05, 3.63) is 83.3 Å². The van der Waals surface area contributed by atoms with Crippen LogP contribution in [0.5, 0.6) is 0 Å². The lowest BCUT2D eigenvalue weighted by molar-refractivity contribution is -0.121. The van der Waals surface area contributed by atoms with Gasteiger partial charge in [0.25, 0.3) is 0 Å². The van der Waals surface area contributed by atoms with E-state index in [9.17, 15) is 13.2 Å². The number of fused-ring (bicyclic) bond motifs is 2. The number of rotatable bonds is 6. The van der Waals surface area contributed by atoms with E-state index in [1.165, 1.54) is 0 Å². The summed E-state index contributed by atoms with van der Waals surface area (Å²) < 4.78 is 24.5. The predicted molar refractivity (Wildman–Crippen MR) is 155 cm³/mol. The highest BCUT2D eigenvalue weighted by atomic mass is 32.2. The summed E-state index contributed by atoms with van der Waals surface area (Å²) >= 11 is 0. The molecule has 1 aliphatic rings. The second-order valence-electron chi connectivity index (χ2n) is 9.71. The molecule has 0 spiro atoms. The van der Waals surface area contributed by atoms with E-state index in [0.29, 0.717) is 16.4 Å². The Morgan fingerprint density at radius 1 is 0.974 bits per heavy atom. The van der Waals surface area contributed by atoms with E-state index in [0.717, 1.165) is 51.7 Å². The highest BCUT2D eigenvalue weighted by Gasteiger charge is 2.43. The molecule has 5 rings (SSSR count). The minimum absolute atomic E-state index is 0.0488. The van der Waals surface area contributed by atoms with Crippen LogP contribution in [0.4, 0.5) is 17.2 Å². The first-order valence-electron chi connectivity index (χ1n) is 13.0. The molecule has 3 heterocycles. The minimum atomic E-state index is -3.28. The molecule has 0 atom stereocenters. The van der Waals surface area contributed by atoms with Gasteiger partial charge in [0, 0.05) is 40.1 Å². The highest BCUT2D eigenvalue weighted by molar-refractivity contribution is 7.91. The average molecular weight is 539 g/mol. The fourth-order valence-corrected chi connectivity index (χ4v) is 6.06. The number of anilines is 3. The molecule has 4 aromatic rings. The zero-order valence-corrected chi connectivity index (χ0v) is 23.2. The molecule has 0 saturated heterocycles. The molecule has 0 unspecified atom stereocenters. The Bertz CT molecular complexity index is 1780. The number of benzene rings is 2. The summed E-state index contributed by atoms with van der Waals surface area (Å²) in [5, 5.41) is 8.07. The molecular formula is C31H30N4O3S. The van der Waals surface area contributed by atoms with Crippen molar-refractivity contribution >= 4 is 43.7 Å². The number of amides is 1. The van der Waals surface area contributed by atoms with Crippen molar-refractivity contribution in [3.63, 3.8) is 0 Å². The third kappa shape index (κ3) is 4.75. The molecule has 198 valence electrons. The summed E-state index contributed by atoms with van der Waals surface area (Å²) in [4.78, 5) is 22.0. The fraction of sp³-hybridized carbons (Fsp3) is 0.258. The van der Waals surface area contributed by atoms with E-state index in [4.69, 9.17) is 0 Å². The van der Waals surface area contributed by atoms with Crippen LogP contribution in [0.25, 0.3) is 10.8 Å². The summed E-state index contributed by atoms with van der Waals surface area (Å²) in [6, 6.07) is 14.7. The standard InChI is InChI=1S/C31H30N4O3S/c1-5-31(6-2)25-11-8-21(17-28(25)35-30(31)36)9-12-27-24-18-29(33-19-22(24)14-15-32-27)34-26-13-10-23(16-20(26)4)39(37,38)7-3/h8,10-11,13-19H,5-7H2,1-4H3,(H,33,34)(H,35,36). The molecule has 0 radical (unpaired) electrons. The summed E-state index contributed by atoms with van der Waals surface area (Å²) in [7, 11) is -3.28. The van der Waals surface area contributed by atoms with Crippen LogP contribution in [0.1, 0.15) is 56.0 Å². The molecule has 1 aliphatic heterocycles. The lowest BCUT2D eigenvalue weighted by Gasteiger charge is -2.23. The normalized spacial score (nSPS) is 13.9. The molecule has 7 nitrogen and oxygen atoms in total. The molecule has 0 aliphatic carbocycles. The number of aromatic nitrogens is 2. The number of carbonyl (C=O) groups excluding carboxylic acids is 1. The molecule has 2 aromatic carbocycles. The third-order valence-corrected chi connectivity index (χ3v) is 9.33. The zero-order chi connectivity index (χ0) is 27.8. The van der Waals surface area contributed by atoms with Gasteiger partial charge >= 0.3 is 0 Å². The zero-order valence-electron chi connectivity index (χ0n) is 22.4. The first-order valence-corrected chi connectivity index (χ1v) is 14.7. The summed E-state index contributed by atoms with van der Waals surface area (Å²) in [5.41, 5.74) is 4.35. The molecule has 0 bridgehead atoms. The van der Waals surface area contributed by atoms with Crippen LogP contribution in [0, 0.1) is 18.8 Å². The number of aryl methyl sites for hydroxylation is 1. The average Bonchev–Trinajstić information content (AvgIpc) is 3.23. The largest absolute Gasteiger partial charge is 0.340 e. The van der Waals surface area contributed by atoms with Crippen molar-refractivity contribution in [3.8, 4) is 11.8 Å². The Balaban J connectivity index is 1.45. The van der Waals surface area contributed by atoms with Crippen LogP contribution in [0.3, 0.4) is 0 Å². The van der Waals surface area contributed by atoms with E-state index in [1.54, 1.807) is 37.5 Å². The van der Waals surface area contributed by atoms with E-state index in [1.807, 2.05) is 51.1 Å². The van der Waals surface area contributed by atoms with Crippen LogP contribution in [-0.4, -0.2) is 30.0 Å². The second kappa shape index (κ2) is 10.2. The lowest BCUT2D eigenvalue weighted by Crippen LogP contribution is -2.32. The summed E-state index contributed by atoms with van der Waals surface area (Å²) in [5.74, 6) is 7.10.